The lowest BCUT2D eigenvalue weighted by atomic mass is 9.82. The molecule has 0 aromatic rings. The minimum absolute atomic E-state index is 0.440. The van der Waals surface area contributed by atoms with Crippen molar-refractivity contribution in [2.45, 2.75) is 40.2 Å². The maximum Gasteiger partial charge on any atom is 0.0651 e. The van der Waals surface area contributed by atoms with E-state index < -0.39 is 0 Å². The normalized spacial score (nSPS) is 29.7. The Labute approximate surface area is 82.2 Å². The van der Waals surface area contributed by atoms with Crippen LogP contribution in [0.3, 0.4) is 0 Å². The van der Waals surface area contributed by atoms with Crippen LogP contribution < -0.4 is 0 Å². The van der Waals surface area contributed by atoms with Gasteiger partial charge in [-0.05, 0) is 24.2 Å². The first-order valence-corrected chi connectivity index (χ1v) is 5.39. The monoisotopic (exact) mass is 182 g/mol. The molecule has 1 aliphatic rings. The molecule has 2 unspecified atom stereocenters. The van der Waals surface area contributed by atoms with E-state index in [4.69, 9.17) is 4.74 Å². The Hall–Kier alpha value is -0.300. The third kappa shape index (κ3) is 2.84. The summed E-state index contributed by atoms with van der Waals surface area (Å²) in [6.07, 6.45) is 6.04. The van der Waals surface area contributed by atoms with E-state index in [1.54, 1.807) is 0 Å². The van der Waals surface area contributed by atoms with Crippen molar-refractivity contribution in [3.63, 3.8) is 0 Å². The standard InChI is InChI=1S/C12H22O/c1-9(2)11-7-5-6-8-13-12(11)10(3)4/h5-6,9-12H,7-8H2,1-4H3. The maximum atomic E-state index is 5.85. The molecule has 0 aromatic carbocycles. The van der Waals surface area contributed by atoms with E-state index in [1.165, 1.54) is 6.42 Å². The van der Waals surface area contributed by atoms with E-state index in [2.05, 4.69) is 39.8 Å². The zero-order valence-electron chi connectivity index (χ0n) is 9.29. The third-order valence-electron chi connectivity index (χ3n) is 2.90. The minimum Gasteiger partial charge on any atom is -0.374 e. The predicted molar refractivity (Wildman–Crippen MR) is 56.7 cm³/mol. The second kappa shape index (κ2) is 4.80. The van der Waals surface area contributed by atoms with Crippen LogP contribution in [-0.4, -0.2) is 12.7 Å². The molecule has 1 nitrogen and oxygen atoms in total. The zero-order chi connectivity index (χ0) is 9.84. The fourth-order valence-electron chi connectivity index (χ4n) is 2.08. The van der Waals surface area contributed by atoms with E-state index in [1.807, 2.05) is 0 Å². The first-order chi connectivity index (χ1) is 6.13. The fourth-order valence-corrected chi connectivity index (χ4v) is 2.08. The van der Waals surface area contributed by atoms with Crippen molar-refractivity contribution < 1.29 is 4.74 Å². The molecule has 0 saturated carbocycles. The Balaban J connectivity index is 2.66. The summed E-state index contributed by atoms with van der Waals surface area (Å²) >= 11 is 0. The summed E-state index contributed by atoms with van der Waals surface area (Å²) in [6, 6.07) is 0. The molecule has 0 N–H and O–H groups in total. The molecule has 0 amide bonds. The maximum absolute atomic E-state index is 5.85. The summed E-state index contributed by atoms with van der Waals surface area (Å²) in [6.45, 7) is 9.90. The van der Waals surface area contributed by atoms with Gasteiger partial charge in [0.2, 0.25) is 0 Å². The van der Waals surface area contributed by atoms with Gasteiger partial charge in [-0.1, -0.05) is 39.8 Å². The molecule has 1 rings (SSSR count). The van der Waals surface area contributed by atoms with E-state index in [-0.39, 0.29) is 0 Å². The Morgan fingerprint density at radius 3 is 2.31 bits per heavy atom. The van der Waals surface area contributed by atoms with Crippen molar-refractivity contribution in [3.05, 3.63) is 12.2 Å². The Morgan fingerprint density at radius 1 is 1.08 bits per heavy atom. The van der Waals surface area contributed by atoms with E-state index in [0.29, 0.717) is 17.9 Å². The first-order valence-electron chi connectivity index (χ1n) is 5.39. The molecule has 2 atom stereocenters. The number of rotatable bonds is 2. The summed E-state index contributed by atoms with van der Waals surface area (Å²) in [5.41, 5.74) is 0. The van der Waals surface area contributed by atoms with Crippen LogP contribution in [-0.2, 0) is 4.74 Å². The largest absolute Gasteiger partial charge is 0.374 e. The van der Waals surface area contributed by atoms with Crippen LogP contribution in [0.1, 0.15) is 34.1 Å². The lowest BCUT2D eigenvalue weighted by Crippen LogP contribution is -2.31. The average molecular weight is 182 g/mol. The molecule has 0 radical (unpaired) electrons. The summed E-state index contributed by atoms with van der Waals surface area (Å²) in [7, 11) is 0. The van der Waals surface area contributed by atoms with Gasteiger partial charge < -0.3 is 4.74 Å². The second-order valence-corrected chi connectivity index (χ2v) is 4.66. The van der Waals surface area contributed by atoms with Crippen LogP contribution in [0.2, 0.25) is 0 Å². The highest BCUT2D eigenvalue weighted by molar-refractivity contribution is 4.92. The van der Waals surface area contributed by atoms with Gasteiger partial charge in [-0.15, -0.1) is 0 Å². The van der Waals surface area contributed by atoms with E-state index in [9.17, 15) is 0 Å². The molecule has 76 valence electrons. The minimum atomic E-state index is 0.440. The molecule has 1 heteroatoms. The highest BCUT2D eigenvalue weighted by atomic mass is 16.5. The van der Waals surface area contributed by atoms with Crippen LogP contribution in [0.4, 0.5) is 0 Å². The molecular weight excluding hydrogens is 160 g/mol. The smallest absolute Gasteiger partial charge is 0.0651 e. The lowest BCUT2D eigenvalue weighted by Gasteiger charge is -2.30. The number of hydrogen-bond acceptors (Lipinski definition) is 1. The third-order valence-corrected chi connectivity index (χ3v) is 2.90. The van der Waals surface area contributed by atoms with Crippen molar-refractivity contribution in [1.29, 1.82) is 0 Å². The average Bonchev–Trinajstić information content (AvgIpc) is 2.27. The van der Waals surface area contributed by atoms with Crippen molar-refractivity contribution in [3.8, 4) is 0 Å². The molecule has 0 saturated heterocycles. The highest BCUT2D eigenvalue weighted by Gasteiger charge is 2.27. The Bertz CT molecular complexity index is 170. The summed E-state index contributed by atoms with van der Waals surface area (Å²) < 4.78 is 5.85. The van der Waals surface area contributed by atoms with Gasteiger partial charge in [0.15, 0.2) is 0 Å². The highest BCUT2D eigenvalue weighted by Crippen LogP contribution is 2.28. The van der Waals surface area contributed by atoms with Gasteiger partial charge in [-0.2, -0.15) is 0 Å². The topological polar surface area (TPSA) is 9.23 Å². The number of ether oxygens (including phenoxy) is 1. The van der Waals surface area contributed by atoms with Crippen LogP contribution in [0.15, 0.2) is 12.2 Å². The van der Waals surface area contributed by atoms with Gasteiger partial charge >= 0.3 is 0 Å². The van der Waals surface area contributed by atoms with Crippen molar-refractivity contribution in [2.24, 2.45) is 17.8 Å². The molecule has 0 spiro atoms. The van der Waals surface area contributed by atoms with Gasteiger partial charge in [-0.3, -0.25) is 0 Å². The summed E-state index contributed by atoms with van der Waals surface area (Å²) in [5, 5.41) is 0. The quantitative estimate of drug-likeness (QED) is 0.596. The van der Waals surface area contributed by atoms with E-state index in [0.717, 1.165) is 12.5 Å². The number of allylic oxidation sites excluding steroid dienone is 1. The van der Waals surface area contributed by atoms with E-state index >= 15 is 0 Å². The number of hydrogen-bond donors (Lipinski definition) is 0. The van der Waals surface area contributed by atoms with Gasteiger partial charge in [-0.25, -0.2) is 0 Å². The van der Waals surface area contributed by atoms with Crippen LogP contribution >= 0.6 is 0 Å². The predicted octanol–water partition coefficient (Wildman–Crippen LogP) is 3.26. The van der Waals surface area contributed by atoms with Crippen molar-refractivity contribution in [2.75, 3.05) is 6.61 Å². The van der Waals surface area contributed by atoms with Crippen molar-refractivity contribution >= 4 is 0 Å². The summed E-state index contributed by atoms with van der Waals surface area (Å²) in [4.78, 5) is 0. The Kier molecular flexibility index (Phi) is 3.98. The van der Waals surface area contributed by atoms with Crippen LogP contribution in [0.25, 0.3) is 0 Å². The second-order valence-electron chi connectivity index (χ2n) is 4.66. The Morgan fingerprint density at radius 2 is 1.77 bits per heavy atom. The van der Waals surface area contributed by atoms with Crippen LogP contribution in [0, 0.1) is 17.8 Å². The zero-order valence-corrected chi connectivity index (χ0v) is 9.29. The van der Waals surface area contributed by atoms with Gasteiger partial charge in [0.1, 0.15) is 0 Å². The molecule has 0 fully saturated rings. The summed E-state index contributed by atoms with van der Waals surface area (Å²) in [5.74, 6) is 2.04. The van der Waals surface area contributed by atoms with Crippen LogP contribution in [0.5, 0.6) is 0 Å². The van der Waals surface area contributed by atoms with Gasteiger partial charge in [0.25, 0.3) is 0 Å². The van der Waals surface area contributed by atoms with Gasteiger partial charge in [0.05, 0.1) is 12.7 Å². The molecule has 0 aromatic heterocycles. The molecule has 1 aliphatic heterocycles. The lowest BCUT2D eigenvalue weighted by molar-refractivity contribution is -0.0124. The SMILES string of the molecule is CC(C)C1CC=CCOC1C(C)C. The fraction of sp³-hybridized carbons (Fsp3) is 0.833. The molecule has 0 bridgehead atoms. The molecule has 0 aliphatic carbocycles. The molecular formula is C12H22O. The molecule has 13 heavy (non-hydrogen) atoms. The van der Waals surface area contributed by atoms with Gasteiger partial charge in [0, 0.05) is 0 Å². The molecule has 1 heterocycles. The van der Waals surface area contributed by atoms with Crippen molar-refractivity contribution in [1.82, 2.24) is 0 Å². The first kappa shape index (κ1) is 10.8.